The van der Waals surface area contributed by atoms with Crippen LogP contribution in [0.15, 0.2) is 18.3 Å². The van der Waals surface area contributed by atoms with E-state index in [1.165, 1.54) is 4.90 Å². The molecule has 0 atom stereocenters. The third-order valence-corrected chi connectivity index (χ3v) is 2.94. The molecule has 1 saturated heterocycles. The number of pyridine rings is 1. The Morgan fingerprint density at radius 2 is 2.18 bits per heavy atom. The SMILES string of the molecule is O=C(O)N1CCC(Oc2ccc(Cl)nc2)CC1. The van der Waals surface area contributed by atoms with Crippen LogP contribution in [-0.2, 0) is 0 Å². The fraction of sp³-hybridized carbons (Fsp3) is 0.455. The van der Waals surface area contributed by atoms with Crippen LogP contribution >= 0.6 is 11.6 Å². The molecule has 0 bridgehead atoms. The first-order valence-electron chi connectivity index (χ1n) is 5.41. The van der Waals surface area contributed by atoms with Crippen LogP contribution in [0.1, 0.15) is 12.8 Å². The van der Waals surface area contributed by atoms with E-state index < -0.39 is 6.09 Å². The first-order valence-corrected chi connectivity index (χ1v) is 5.79. The van der Waals surface area contributed by atoms with Crippen LogP contribution in [0.25, 0.3) is 0 Å². The number of piperidine rings is 1. The number of carboxylic acid groups (broad SMARTS) is 1. The number of nitrogens with zero attached hydrogens (tertiary/aromatic N) is 2. The lowest BCUT2D eigenvalue weighted by Gasteiger charge is -2.30. The quantitative estimate of drug-likeness (QED) is 0.825. The normalized spacial score (nSPS) is 16.9. The summed E-state index contributed by atoms with van der Waals surface area (Å²) in [7, 11) is 0. The van der Waals surface area contributed by atoms with Crippen molar-refractivity contribution in [1.82, 2.24) is 9.88 Å². The molecular formula is C11H13ClN2O3. The Balaban J connectivity index is 1.85. The molecule has 5 nitrogen and oxygen atoms in total. The number of hydrogen-bond donors (Lipinski definition) is 1. The minimum absolute atomic E-state index is 0.0496. The van der Waals surface area contributed by atoms with E-state index in [9.17, 15) is 4.79 Å². The lowest BCUT2D eigenvalue weighted by Crippen LogP contribution is -2.41. The molecule has 0 aromatic carbocycles. The molecule has 1 aromatic heterocycles. The fourth-order valence-corrected chi connectivity index (χ4v) is 1.90. The molecule has 1 aliphatic rings. The van der Waals surface area contributed by atoms with E-state index in [4.69, 9.17) is 21.4 Å². The highest BCUT2D eigenvalue weighted by Crippen LogP contribution is 2.19. The van der Waals surface area contributed by atoms with Crippen LogP contribution in [0.5, 0.6) is 5.75 Å². The van der Waals surface area contributed by atoms with E-state index in [1.54, 1.807) is 18.3 Å². The molecule has 0 aliphatic carbocycles. The van der Waals surface area contributed by atoms with Crippen molar-refractivity contribution in [2.45, 2.75) is 18.9 Å². The lowest BCUT2D eigenvalue weighted by atomic mass is 10.1. The second-order valence-corrected chi connectivity index (χ2v) is 4.29. The van der Waals surface area contributed by atoms with Gasteiger partial charge in [0.15, 0.2) is 0 Å². The number of likely N-dealkylation sites (tertiary alicyclic amines) is 1. The van der Waals surface area contributed by atoms with Crippen molar-refractivity contribution in [3.8, 4) is 5.75 Å². The molecule has 0 radical (unpaired) electrons. The zero-order valence-electron chi connectivity index (χ0n) is 9.17. The third-order valence-electron chi connectivity index (χ3n) is 2.72. The second kappa shape index (κ2) is 5.23. The summed E-state index contributed by atoms with van der Waals surface area (Å²) in [5.41, 5.74) is 0. The van der Waals surface area contributed by atoms with E-state index in [2.05, 4.69) is 4.98 Å². The van der Waals surface area contributed by atoms with Gasteiger partial charge in [0.25, 0.3) is 0 Å². The number of rotatable bonds is 2. The number of halogens is 1. The maximum Gasteiger partial charge on any atom is 0.407 e. The van der Waals surface area contributed by atoms with Crippen molar-refractivity contribution in [1.29, 1.82) is 0 Å². The van der Waals surface area contributed by atoms with Crippen LogP contribution < -0.4 is 4.74 Å². The van der Waals surface area contributed by atoms with Crippen molar-refractivity contribution >= 4 is 17.7 Å². The van der Waals surface area contributed by atoms with E-state index in [1.807, 2.05) is 0 Å². The highest BCUT2D eigenvalue weighted by molar-refractivity contribution is 6.29. The average molecular weight is 257 g/mol. The summed E-state index contributed by atoms with van der Waals surface area (Å²) in [6.07, 6.45) is 2.17. The van der Waals surface area contributed by atoms with Crippen molar-refractivity contribution in [3.05, 3.63) is 23.5 Å². The van der Waals surface area contributed by atoms with E-state index in [-0.39, 0.29) is 6.10 Å². The van der Waals surface area contributed by atoms with E-state index in [0.717, 1.165) is 0 Å². The summed E-state index contributed by atoms with van der Waals surface area (Å²) in [5, 5.41) is 9.23. The molecule has 2 heterocycles. The molecule has 1 fully saturated rings. The van der Waals surface area contributed by atoms with Gasteiger partial charge in [-0.1, -0.05) is 11.6 Å². The van der Waals surface area contributed by atoms with Gasteiger partial charge in [0.2, 0.25) is 0 Å². The number of amides is 1. The summed E-state index contributed by atoms with van der Waals surface area (Å²) < 4.78 is 5.70. The summed E-state index contributed by atoms with van der Waals surface area (Å²) in [6.45, 7) is 1.03. The first-order chi connectivity index (χ1) is 8.15. The minimum atomic E-state index is -0.864. The van der Waals surface area contributed by atoms with Gasteiger partial charge in [0, 0.05) is 25.9 Å². The summed E-state index contributed by atoms with van der Waals surface area (Å²) >= 11 is 5.67. The average Bonchev–Trinajstić information content (AvgIpc) is 2.33. The molecular weight excluding hydrogens is 244 g/mol. The van der Waals surface area contributed by atoms with Gasteiger partial charge in [-0.25, -0.2) is 9.78 Å². The lowest BCUT2D eigenvalue weighted by molar-refractivity contribution is 0.0893. The molecule has 1 N–H and O–H groups in total. The Morgan fingerprint density at radius 3 is 2.71 bits per heavy atom. The summed E-state index contributed by atoms with van der Waals surface area (Å²) in [4.78, 5) is 16.0. The fourth-order valence-electron chi connectivity index (χ4n) is 1.79. The predicted octanol–water partition coefficient (Wildman–Crippen LogP) is 2.26. The van der Waals surface area contributed by atoms with Crippen molar-refractivity contribution in [3.63, 3.8) is 0 Å². The zero-order chi connectivity index (χ0) is 12.3. The van der Waals surface area contributed by atoms with Crippen molar-refractivity contribution in [2.24, 2.45) is 0 Å². The number of hydrogen-bond acceptors (Lipinski definition) is 3. The van der Waals surface area contributed by atoms with Crippen LogP contribution in [0.2, 0.25) is 5.15 Å². The monoisotopic (exact) mass is 256 g/mol. The maximum atomic E-state index is 10.7. The standard InChI is InChI=1S/C11H13ClN2O3/c12-10-2-1-9(7-13-10)17-8-3-5-14(6-4-8)11(15)16/h1-2,7-8H,3-6H2,(H,15,16). The van der Waals surface area contributed by atoms with Crippen LogP contribution in [0, 0.1) is 0 Å². The molecule has 92 valence electrons. The molecule has 0 saturated carbocycles. The summed E-state index contributed by atoms with van der Waals surface area (Å²) in [6, 6.07) is 3.43. The maximum absolute atomic E-state index is 10.7. The Kier molecular flexibility index (Phi) is 3.68. The number of ether oxygens (including phenoxy) is 1. The zero-order valence-corrected chi connectivity index (χ0v) is 9.93. The largest absolute Gasteiger partial charge is 0.489 e. The molecule has 0 unspecified atom stereocenters. The van der Waals surface area contributed by atoms with Crippen LogP contribution in [0.3, 0.4) is 0 Å². The Labute approximate surface area is 104 Å². The number of aromatic nitrogens is 1. The smallest absolute Gasteiger partial charge is 0.407 e. The Hall–Kier alpha value is -1.49. The highest BCUT2D eigenvalue weighted by atomic mass is 35.5. The molecule has 0 spiro atoms. The molecule has 6 heteroatoms. The van der Waals surface area contributed by atoms with Gasteiger partial charge < -0.3 is 14.7 Å². The van der Waals surface area contributed by atoms with Gasteiger partial charge in [0.05, 0.1) is 6.20 Å². The Morgan fingerprint density at radius 1 is 1.47 bits per heavy atom. The second-order valence-electron chi connectivity index (χ2n) is 3.90. The van der Waals surface area contributed by atoms with Crippen molar-refractivity contribution in [2.75, 3.05) is 13.1 Å². The minimum Gasteiger partial charge on any atom is -0.489 e. The van der Waals surface area contributed by atoms with E-state index in [0.29, 0.717) is 36.8 Å². The van der Waals surface area contributed by atoms with Gasteiger partial charge in [-0.2, -0.15) is 0 Å². The Bertz CT molecular complexity index is 388. The molecule has 1 aromatic rings. The van der Waals surface area contributed by atoms with Crippen LogP contribution in [0.4, 0.5) is 4.79 Å². The predicted molar refractivity (Wildman–Crippen MR) is 62.5 cm³/mol. The summed E-state index contributed by atoms with van der Waals surface area (Å²) in [5.74, 6) is 0.670. The van der Waals surface area contributed by atoms with E-state index >= 15 is 0 Å². The molecule has 17 heavy (non-hydrogen) atoms. The number of carbonyl (C=O) groups is 1. The van der Waals surface area contributed by atoms with Gasteiger partial charge >= 0.3 is 6.09 Å². The van der Waals surface area contributed by atoms with Gasteiger partial charge in [-0.05, 0) is 12.1 Å². The first kappa shape index (κ1) is 12.0. The molecule has 1 amide bonds. The van der Waals surface area contributed by atoms with Crippen LogP contribution in [-0.4, -0.2) is 40.3 Å². The third kappa shape index (κ3) is 3.23. The van der Waals surface area contributed by atoms with Gasteiger partial charge in [-0.15, -0.1) is 0 Å². The topological polar surface area (TPSA) is 62.7 Å². The van der Waals surface area contributed by atoms with Gasteiger partial charge in [0.1, 0.15) is 17.0 Å². The van der Waals surface area contributed by atoms with Crippen molar-refractivity contribution < 1.29 is 14.6 Å². The molecule has 1 aliphatic heterocycles. The highest BCUT2D eigenvalue weighted by Gasteiger charge is 2.23. The van der Waals surface area contributed by atoms with Gasteiger partial charge in [-0.3, -0.25) is 0 Å². The molecule has 2 rings (SSSR count).